The number of esters is 1. The molecule has 2 N–H and O–H groups in total. The Morgan fingerprint density at radius 1 is 1.03 bits per heavy atom. The highest BCUT2D eigenvalue weighted by atomic mass is 16.6. The van der Waals surface area contributed by atoms with E-state index in [9.17, 15) is 14.4 Å². The third kappa shape index (κ3) is 7.13. The van der Waals surface area contributed by atoms with Crippen molar-refractivity contribution in [1.82, 2.24) is 10.6 Å². The fourth-order valence-corrected chi connectivity index (χ4v) is 2.65. The Hall–Kier alpha value is -2.97. The van der Waals surface area contributed by atoms with Crippen LogP contribution in [0, 0.1) is 5.92 Å². The van der Waals surface area contributed by atoms with Gasteiger partial charge in [0.05, 0.1) is 21.3 Å². The van der Waals surface area contributed by atoms with Crippen LogP contribution in [0.1, 0.15) is 39.7 Å². The molecule has 0 fully saturated rings. The number of hydrogen-bond donors (Lipinski definition) is 2. The third-order valence-corrected chi connectivity index (χ3v) is 4.77. The smallest absolute Gasteiger partial charge is 0.408 e. The number of hydrogen-bond acceptors (Lipinski definition) is 7. The number of carbonyl (C=O) groups is 3. The summed E-state index contributed by atoms with van der Waals surface area (Å²) in [7, 11) is 4.31. The molecule has 2 amide bonds. The average molecular weight is 424 g/mol. The van der Waals surface area contributed by atoms with Crippen molar-refractivity contribution in [3.8, 4) is 11.5 Å². The van der Waals surface area contributed by atoms with Crippen molar-refractivity contribution in [1.29, 1.82) is 0 Å². The molecule has 0 aliphatic carbocycles. The van der Waals surface area contributed by atoms with E-state index < -0.39 is 29.6 Å². The van der Waals surface area contributed by atoms with Crippen LogP contribution in [0.15, 0.2) is 18.2 Å². The molecule has 0 radical (unpaired) electrons. The van der Waals surface area contributed by atoms with Gasteiger partial charge in [0, 0.05) is 11.6 Å². The molecule has 0 saturated heterocycles. The van der Waals surface area contributed by atoms with E-state index >= 15 is 0 Å². The summed E-state index contributed by atoms with van der Waals surface area (Å²) in [4.78, 5) is 36.3. The molecule has 9 heteroatoms. The fourth-order valence-electron chi connectivity index (χ4n) is 2.65. The third-order valence-electron chi connectivity index (χ3n) is 4.77. The second-order valence-electron chi connectivity index (χ2n) is 7.31. The minimum Gasteiger partial charge on any atom is -0.497 e. The number of carbonyl (C=O) groups excluding carboxylic acids is 3. The number of ether oxygens (including phenoxy) is 4. The Labute approximate surface area is 177 Å². The molecule has 0 saturated carbocycles. The van der Waals surface area contributed by atoms with Crippen LogP contribution in [-0.2, 0) is 24.7 Å². The van der Waals surface area contributed by atoms with Gasteiger partial charge in [0.1, 0.15) is 29.7 Å². The quantitative estimate of drug-likeness (QED) is 0.555. The molecule has 1 rings (SSSR count). The molecule has 0 unspecified atom stereocenters. The van der Waals surface area contributed by atoms with Crippen molar-refractivity contribution in [2.45, 2.75) is 45.8 Å². The maximum Gasteiger partial charge on any atom is 0.408 e. The maximum absolute atomic E-state index is 12.2. The van der Waals surface area contributed by atoms with Crippen molar-refractivity contribution in [2.75, 3.05) is 27.9 Å². The molecule has 0 spiro atoms. The van der Waals surface area contributed by atoms with E-state index in [2.05, 4.69) is 10.6 Å². The van der Waals surface area contributed by atoms with Gasteiger partial charge in [-0.05, 0) is 31.9 Å². The minimum atomic E-state index is -1.02. The first kappa shape index (κ1) is 25.1. The lowest BCUT2D eigenvalue weighted by Crippen LogP contribution is -2.49. The number of nitrogens with one attached hydrogen (secondary N) is 2. The summed E-state index contributed by atoms with van der Waals surface area (Å²) in [6, 6.07) is 4.38. The standard InChI is InChI=1S/C21H32N2O7/c1-8-13(2)18(19(25)29-7)23-17(24)12-22-20(26)30-21(3,4)14-9-15(27-5)11-16(10-14)28-6/h9-11,13,18H,8,12H2,1-7H3,(H,22,26)(H,23,24)/t13-,18-/m0/s1. The molecule has 168 valence electrons. The van der Waals surface area contributed by atoms with E-state index in [-0.39, 0.29) is 12.5 Å². The molecule has 9 nitrogen and oxygen atoms in total. The lowest BCUT2D eigenvalue weighted by Gasteiger charge is -2.26. The Kier molecular flexibility index (Phi) is 9.42. The van der Waals surface area contributed by atoms with Crippen molar-refractivity contribution < 1.29 is 33.3 Å². The van der Waals surface area contributed by atoms with Crippen LogP contribution in [0.4, 0.5) is 4.79 Å². The van der Waals surface area contributed by atoms with Gasteiger partial charge in [-0.1, -0.05) is 20.3 Å². The van der Waals surface area contributed by atoms with Gasteiger partial charge in [-0.2, -0.15) is 0 Å². The van der Waals surface area contributed by atoms with Gasteiger partial charge < -0.3 is 29.6 Å². The molecule has 0 aromatic heterocycles. The summed E-state index contributed by atoms with van der Waals surface area (Å²) in [6.07, 6.45) is -0.108. The topological polar surface area (TPSA) is 112 Å². The second-order valence-corrected chi connectivity index (χ2v) is 7.31. The van der Waals surface area contributed by atoms with E-state index in [4.69, 9.17) is 18.9 Å². The maximum atomic E-state index is 12.2. The Bertz CT molecular complexity index is 727. The fraction of sp³-hybridized carbons (Fsp3) is 0.571. The monoisotopic (exact) mass is 424 g/mol. The van der Waals surface area contributed by atoms with E-state index in [1.165, 1.54) is 21.3 Å². The van der Waals surface area contributed by atoms with E-state index in [1.807, 2.05) is 13.8 Å². The molecular weight excluding hydrogens is 392 g/mol. The van der Waals surface area contributed by atoms with Crippen LogP contribution in [0.2, 0.25) is 0 Å². The summed E-state index contributed by atoms with van der Waals surface area (Å²) >= 11 is 0. The van der Waals surface area contributed by atoms with E-state index in [0.717, 1.165) is 0 Å². The number of rotatable bonds is 10. The van der Waals surface area contributed by atoms with Crippen molar-refractivity contribution in [3.05, 3.63) is 23.8 Å². The van der Waals surface area contributed by atoms with Crippen LogP contribution < -0.4 is 20.1 Å². The van der Waals surface area contributed by atoms with Crippen LogP contribution in [0.3, 0.4) is 0 Å². The second kappa shape index (κ2) is 11.3. The zero-order chi connectivity index (χ0) is 22.9. The zero-order valence-electron chi connectivity index (χ0n) is 18.7. The number of benzene rings is 1. The molecule has 30 heavy (non-hydrogen) atoms. The molecule has 0 aliphatic rings. The van der Waals surface area contributed by atoms with Gasteiger partial charge in [-0.25, -0.2) is 9.59 Å². The molecule has 2 atom stereocenters. The molecule has 0 aliphatic heterocycles. The van der Waals surface area contributed by atoms with Crippen LogP contribution in [0.5, 0.6) is 11.5 Å². The van der Waals surface area contributed by atoms with Gasteiger partial charge in [-0.3, -0.25) is 4.79 Å². The number of methoxy groups -OCH3 is 3. The van der Waals surface area contributed by atoms with E-state index in [1.54, 1.807) is 32.0 Å². The number of alkyl carbamates (subject to hydrolysis) is 1. The van der Waals surface area contributed by atoms with Gasteiger partial charge in [0.2, 0.25) is 5.91 Å². The summed E-state index contributed by atoms with van der Waals surface area (Å²) in [5, 5.41) is 4.98. The SMILES string of the molecule is CC[C@H](C)[C@H](NC(=O)CNC(=O)OC(C)(C)c1cc(OC)cc(OC)c1)C(=O)OC. The van der Waals surface area contributed by atoms with Crippen molar-refractivity contribution in [2.24, 2.45) is 5.92 Å². The summed E-state index contributed by atoms with van der Waals surface area (Å²) in [5.74, 6) is -0.0633. The van der Waals surface area contributed by atoms with Crippen LogP contribution >= 0.6 is 0 Å². The lowest BCUT2D eigenvalue weighted by molar-refractivity contribution is -0.146. The predicted octanol–water partition coefficient (Wildman–Crippen LogP) is 2.37. The van der Waals surface area contributed by atoms with Crippen molar-refractivity contribution in [3.63, 3.8) is 0 Å². The summed E-state index contributed by atoms with van der Waals surface area (Å²) in [6.45, 7) is 6.79. The van der Waals surface area contributed by atoms with Gasteiger partial charge >= 0.3 is 12.1 Å². The van der Waals surface area contributed by atoms with Crippen molar-refractivity contribution >= 4 is 18.0 Å². The minimum absolute atomic E-state index is 0.115. The first-order chi connectivity index (χ1) is 14.1. The summed E-state index contributed by atoms with van der Waals surface area (Å²) < 4.78 is 20.7. The predicted molar refractivity (Wildman–Crippen MR) is 110 cm³/mol. The number of amides is 2. The highest BCUT2D eigenvalue weighted by molar-refractivity contribution is 5.87. The highest BCUT2D eigenvalue weighted by Crippen LogP contribution is 2.32. The largest absolute Gasteiger partial charge is 0.497 e. The average Bonchev–Trinajstić information content (AvgIpc) is 2.74. The first-order valence-electron chi connectivity index (χ1n) is 9.65. The summed E-state index contributed by atoms with van der Waals surface area (Å²) in [5.41, 5.74) is -0.367. The van der Waals surface area contributed by atoms with Gasteiger partial charge in [0.25, 0.3) is 0 Å². The first-order valence-corrected chi connectivity index (χ1v) is 9.65. The Morgan fingerprint density at radius 2 is 1.60 bits per heavy atom. The lowest BCUT2D eigenvalue weighted by atomic mass is 9.97. The molecule has 0 heterocycles. The van der Waals surface area contributed by atoms with Crippen LogP contribution in [0.25, 0.3) is 0 Å². The highest BCUT2D eigenvalue weighted by Gasteiger charge is 2.29. The molecule has 1 aromatic rings. The molecular formula is C21H32N2O7. The Morgan fingerprint density at radius 3 is 2.07 bits per heavy atom. The van der Waals surface area contributed by atoms with Crippen LogP contribution in [-0.4, -0.2) is 51.9 Å². The molecule has 1 aromatic carbocycles. The normalized spacial score (nSPS) is 12.9. The van der Waals surface area contributed by atoms with E-state index in [0.29, 0.717) is 23.5 Å². The zero-order valence-corrected chi connectivity index (χ0v) is 18.7. The molecule has 0 bridgehead atoms. The Balaban J connectivity index is 2.73. The van der Waals surface area contributed by atoms with Gasteiger partial charge in [-0.15, -0.1) is 0 Å². The van der Waals surface area contributed by atoms with Gasteiger partial charge in [0.15, 0.2) is 0 Å².